The second-order valence-corrected chi connectivity index (χ2v) is 7.18. The lowest BCUT2D eigenvalue weighted by Gasteiger charge is -2.33. The summed E-state index contributed by atoms with van der Waals surface area (Å²) in [6, 6.07) is 21.2. The molecule has 3 rings (SSSR count). The minimum atomic E-state index is 0.266. The maximum absolute atomic E-state index is 6.32. The second-order valence-electron chi connectivity index (χ2n) is 5.86. The number of benzene rings is 2. The smallest absolute Gasteiger partial charge is 0.0720 e. The fraction of sp³-hybridized carbons (Fsp3) is 0.368. The van der Waals surface area contributed by atoms with E-state index < -0.39 is 0 Å². The van der Waals surface area contributed by atoms with Gasteiger partial charge < -0.3 is 10.5 Å². The van der Waals surface area contributed by atoms with Gasteiger partial charge in [0, 0.05) is 16.2 Å². The van der Waals surface area contributed by atoms with Crippen LogP contribution in [-0.4, -0.2) is 17.4 Å². The normalized spacial score (nSPS) is 25.0. The van der Waals surface area contributed by atoms with Crippen molar-refractivity contribution in [2.45, 2.75) is 48.2 Å². The van der Waals surface area contributed by atoms with E-state index in [2.05, 4.69) is 54.6 Å². The van der Waals surface area contributed by atoms with Gasteiger partial charge in [0.1, 0.15) is 0 Å². The molecule has 0 aliphatic heterocycles. The van der Waals surface area contributed by atoms with E-state index in [0.29, 0.717) is 18.0 Å². The molecule has 0 unspecified atom stereocenters. The zero-order chi connectivity index (χ0) is 15.2. The van der Waals surface area contributed by atoms with Crippen LogP contribution in [0.2, 0.25) is 0 Å². The van der Waals surface area contributed by atoms with Crippen molar-refractivity contribution < 1.29 is 4.74 Å². The standard InChI is InChI=1S/C19H23NOS/c20-18-12-11-16(21-14-15-7-3-1-4-8-15)13-19(18)22-17-9-5-2-6-10-17/h1-10,16,18-19H,11-14,20H2/t16-,18+,19+/m0/s1. The lowest BCUT2D eigenvalue weighted by atomic mass is 9.93. The second kappa shape index (κ2) is 7.82. The van der Waals surface area contributed by atoms with E-state index in [9.17, 15) is 0 Å². The zero-order valence-corrected chi connectivity index (χ0v) is 13.5. The molecule has 1 aliphatic carbocycles. The van der Waals surface area contributed by atoms with Crippen molar-refractivity contribution in [2.75, 3.05) is 0 Å². The Bertz CT molecular complexity index is 560. The SMILES string of the molecule is N[C@@H]1CC[C@H](OCc2ccccc2)C[C@H]1Sc1ccccc1. The van der Waals surface area contributed by atoms with Gasteiger partial charge in [-0.3, -0.25) is 0 Å². The molecule has 2 nitrogen and oxygen atoms in total. The van der Waals surface area contributed by atoms with Gasteiger partial charge in [0.2, 0.25) is 0 Å². The van der Waals surface area contributed by atoms with Crippen LogP contribution in [0.4, 0.5) is 0 Å². The molecule has 0 spiro atoms. The van der Waals surface area contributed by atoms with Gasteiger partial charge in [-0.05, 0) is 37.0 Å². The maximum Gasteiger partial charge on any atom is 0.0720 e. The van der Waals surface area contributed by atoms with Crippen molar-refractivity contribution in [1.29, 1.82) is 0 Å². The zero-order valence-electron chi connectivity index (χ0n) is 12.7. The summed E-state index contributed by atoms with van der Waals surface area (Å²) < 4.78 is 6.12. The first-order valence-electron chi connectivity index (χ1n) is 7.94. The number of nitrogens with two attached hydrogens (primary N) is 1. The van der Waals surface area contributed by atoms with E-state index in [0.717, 1.165) is 19.3 Å². The fourth-order valence-corrected chi connectivity index (χ4v) is 4.15. The number of hydrogen-bond donors (Lipinski definition) is 1. The summed E-state index contributed by atoms with van der Waals surface area (Å²) in [5.74, 6) is 0. The van der Waals surface area contributed by atoms with Gasteiger partial charge >= 0.3 is 0 Å². The summed E-state index contributed by atoms with van der Waals surface area (Å²) in [5, 5.41) is 0.442. The molecular weight excluding hydrogens is 290 g/mol. The van der Waals surface area contributed by atoms with Gasteiger partial charge in [0.05, 0.1) is 12.7 Å². The Kier molecular flexibility index (Phi) is 5.54. The molecule has 0 bridgehead atoms. The van der Waals surface area contributed by atoms with E-state index in [-0.39, 0.29) is 6.04 Å². The van der Waals surface area contributed by atoms with Gasteiger partial charge in [-0.1, -0.05) is 48.5 Å². The van der Waals surface area contributed by atoms with Crippen molar-refractivity contribution in [3.05, 3.63) is 66.2 Å². The molecule has 0 saturated heterocycles. The van der Waals surface area contributed by atoms with Crippen LogP contribution in [0.25, 0.3) is 0 Å². The third-order valence-corrected chi connectivity index (χ3v) is 5.54. The fourth-order valence-electron chi connectivity index (χ4n) is 2.87. The average Bonchev–Trinajstić information content (AvgIpc) is 2.57. The molecule has 116 valence electrons. The number of rotatable bonds is 5. The minimum Gasteiger partial charge on any atom is -0.374 e. The third kappa shape index (κ3) is 4.35. The van der Waals surface area contributed by atoms with Crippen LogP contribution >= 0.6 is 11.8 Å². The van der Waals surface area contributed by atoms with Gasteiger partial charge in [-0.25, -0.2) is 0 Å². The van der Waals surface area contributed by atoms with Crippen molar-refractivity contribution in [1.82, 2.24) is 0 Å². The molecule has 1 saturated carbocycles. The largest absolute Gasteiger partial charge is 0.374 e. The Balaban J connectivity index is 1.54. The van der Waals surface area contributed by atoms with E-state index in [4.69, 9.17) is 10.5 Å². The van der Waals surface area contributed by atoms with Crippen LogP contribution in [0.15, 0.2) is 65.6 Å². The highest BCUT2D eigenvalue weighted by atomic mass is 32.2. The van der Waals surface area contributed by atoms with Crippen LogP contribution in [-0.2, 0) is 11.3 Å². The van der Waals surface area contributed by atoms with Gasteiger partial charge in [-0.2, -0.15) is 0 Å². The molecule has 3 atom stereocenters. The van der Waals surface area contributed by atoms with Crippen LogP contribution in [0, 0.1) is 0 Å². The van der Waals surface area contributed by atoms with Crippen LogP contribution in [0.3, 0.4) is 0 Å². The Hall–Kier alpha value is -1.29. The lowest BCUT2D eigenvalue weighted by molar-refractivity contribution is 0.0155. The molecule has 22 heavy (non-hydrogen) atoms. The first-order valence-corrected chi connectivity index (χ1v) is 8.82. The van der Waals surface area contributed by atoms with Crippen molar-refractivity contribution in [2.24, 2.45) is 5.73 Å². The van der Waals surface area contributed by atoms with E-state index in [1.807, 2.05) is 17.8 Å². The average molecular weight is 313 g/mol. The lowest BCUT2D eigenvalue weighted by Crippen LogP contribution is -2.40. The Morgan fingerprint density at radius 1 is 0.955 bits per heavy atom. The predicted octanol–water partition coefficient (Wildman–Crippen LogP) is 4.24. The van der Waals surface area contributed by atoms with Gasteiger partial charge in [0.25, 0.3) is 0 Å². The molecule has 0 heterocycles. The number of hydrogen-bond acceptors (Lipinski definition) is 3. The molecule has 0 amide bonds. The third-order valence-electron chi connectivity index (χ3n) is 4.15. The van der Waals surface area contributed by atoms with Crippen molar-refractivity contribution >= 4 is 11.8 Å². The number of thioether (sulfide) groups is 1. The van der Waals surface area contributed by atoms with E-state index >= 15 is 0 Å². The van der Waals surface area contributed by atoms with Crippen molar-refractivity contribution in [3.8, 4) is 0 Å². The molecule has 0 radical (unpaired) electrons. The summed E-state index contributed by atoms with van der Waals surface area (Å²) in [7, 11) is 0. The summed E-state index contributed by atoms with van der Waals surface area (Å²) in [6.45, 7) is 0.698. The minimum absolute atomic E-state index is 0.266. The Morgan fingerprint density at radius 3 is 2.36 bits per heavy atom. The first kappa shape index (κ1) is 15.6. The van der Waals surface area contributed by atoms with Crippen LogP contribution in [0.1, 0.15) is 24.8 Å². The van der Waals surface area contributed by atoms with Crippen LogP contribution < -0.4 is 5.73 Å². The van der Waals surface area contributed by atoms with Gasteiger partial charge in [0.15, 0.2) is 0 Å². The first-order chi connectivity index (χ1) is 10.8. The highest BCUT2D eigenvalue weighted by Crippen LogP contribution is 2.34. The molecule has 2 N–H and O–H groups in total. The van der Waals surface area contributed by atoms with Crippen LogP contribution in [0.5, 0.6) is 0 Å². The molecule has 1 fully saturated rings. The molecular formula is C19H23NOS. The summed E-state index contributed by atoms with van der Waals surface area (Å²) in [5.41, 5.74) is 7.56. The summed E-state index contributed by atoms with van der Waals surface area (Å²) in [6.07, 6.45) is 3.47. The Morgan fingerprint density at radius 2 is 1.64 bits per heavy atom. The Labute approximate surface area is 137 Å². The number of ether oxygens (including phenoxy) is 1. The highest BCUT2D eigenvalue weighted by molar-refractivity contribution is 8.00. The predicted molar refractivity (Wildman–Crippen MR) is 92.9 cm³/mol. The summed E-state index contributed by atoms with van der Waals surface area (Å²) >= 11 is 1.89. The maximum atomic E-state index is 6.32. The van der Waals surface area contributed by atoms with Gasteiger partial charge in [-0.15, -0.1) is 11.8 Å². The molecule has 1 aliphatic rings. The van der Waals surface area contributed by atoms with Crippen molar-refractivity contribution in [3.63, 3.8) is 0 Å². The summed E-state index contributed by atoms with van der Waals surface area (Å²) in [4.78, 5) is 1.30. The molecule has 3 heteroatoms. The molecule has 2 aromatic carbocycles. The monoisotopic (exact) mass is 313 g/mol. The highest BCUT2D eigenvalue weighted by Gasteiger charge is 2.29. The topological polar surface area (TPSA) is 35.2 Å². The van der Waals surface area contributed by atoms with E-state index in [1.165, 1.54) is 10.5 Å². The quantitative estimate of drug-likeness (QED) is 0.896. The molecule has 0 aromatic heterocycles. The van der Waals surface area contributed by atoms with E-state index in [1.54, 1.807) is 0 Å². The molecule has 2 aromatic rings.